The van der Waals surface area contributed by atoms with Gasteiger partial charge in [-0.1, -0.05) is 42.3 Å². The zero-order valence-electron chi connectivity index (χ0n) is 15.8. The Morgan fingerprint density at radius 3 is 2.42 bits per heavy atom. The van der Waals surface area contributed by atoms with Crippen LogP contribution in [0.25, 0.3) is 0 Å². The SMILES string of the molecule is C/C=C(\C)C(CCN(C)/N=N\C(C)C(C)C)Nc1ccc(Cl)cc1. The van der Waals surface area contributed by atoms with E-state index in [1.54, 1.807) is 0 Å². The van der Waals surface area contributed by atoms with E-state index in [0.29, 0.717) is 5.92 Å². The highest BCUT2D eigenvalue weighted by Gasteiger charge is 2.12. The maximum atomic E-state index is 5.95. The number of benzene rings is 1. The molecule has 0 aromatic heterocycles. The molecular weight excluding hydrogens is 320 g/mol. The normalized spacial score (nSPS) is 14.9. The molecule has 0 aliphatic carbocycles. The van der Waals surface area contributed by atoms with E-state index >= 15 is 0 Å². The molecule has 0 aliphatic rings. The Labute approximate surface area is 152 Å². The van der Waals surface area contributed by atoms with E-state index in [9.17, 15) is 0 Å². The summed E-state index contributed by atoms with van der Waals surface area (Å²) in [4.78, 5) is 0. The number of halogens is 1. The predicted octanol–water partition coefficient (Wildman–Crippen LogP) is 5.82. The summed E-state index contributed by atoms with van der Waals surface area (Å²) in [7, 11) is 1.97. The van der Waals surface area contributed by atoms with Gasteiger partial charge in [-0.3, -0.25) is 5.01 Å². The van der Waals surface area contributed by atoms with Gasteiger partial charge in [-0.05, 0) is 57.4 Å². The summed E-state index contributed by atoms with van der Waals surface area (Å²) < 4.78 is 0. The van der Waals surface area contributed by atoms with E-state index < -0.39 is 0 Å². The lowest BCUT2D eigenvalue weighted by atomic mass is 10.0. The third-order valence-corrected chi connectivity index (χ3v) is 4.53. The Bertz CT molecular complexity index is 537. The van der Waals surface area contributed by atoms with Gasteiger partial charge < -0.3 is 5.32 Å². The molecule has 1 N–H and O–H groups in total. The molecule has 0 radical (unpaired) electrons. The summed E-state index contributed by atoms with van der Waals surface area (Å²) >= 11 is 5.95. The highest BCUT2D eigenvalue weighted by molar-refractivity contribution is 6.30. The molecule has 5 heteroatoms. The first-order chi connectivity index (χ1) is 11.3. The number of allylic oxidation sites excluding steroid dienone is 1. The smallest absolute Gasteiger partial charge is 0.0724 e. The van der Waals surface area contributed by atoms with Gasteiger partial charge in [0.2, 0.25) is 0 Å². The number of anilines is 1. The van der Waals surface area contributed by atoms with Crippen LogP contribution in [0.2, 0.25) is 5.02 Å². The second kappa shape index (κ2) is 10.3. The molecule has 24 heavy (non-hydrogen) atoms. The zero-order valence-corrected chi connectivity index (χ0v) is 16.5. The Balaban J connectivity index is 2.62. The van der Waals surface area contributed by atoms with E-state index in [2.05, 4.69) is 56.3 Å². The first-order valence-electron chi connectivity index (χ1n) is 8.60. The van der Waals surface area contributed by atoms with Crippen LogP contribution in [0.15, 0.2) is 46.3 Å². The van der Waals surface area contributed by atoms with Gasteiger partial charge in [0.25, 0.3) is 0 Å². The number of nitrogens with one attached hydrogen (secondary N) is 1. The van der Waals surface area contributed by atoms with E-state index in [1.807, 2.05) is 36.3 Å². The Morgan fingerprint density at radius 2 is 1.88 bits per heavy atom. The van der Waals surface area contributed by atoms with Crippen LogP contribution < -0.4 is 5.32 Å². The zero-order chi connectivity index (χ0) is 18.1. The van der Waals surface area contributed by atoms with E-state index in [1.165, 1.54) is 5.57 Å². The van der Waals surface area contributed by atoms with Crippen molar-refractivity contribution >= 4 is 17.3 Å². The van der Waals surface area contributed by atoms with Crippen molar-refractivity contribution in [1.29, 1.82) is 0 Å². The molecule has 0 bridgehead atoms. The molecule has 0 amide bonds. The molecule has 0 fully saturated rings. The molecule has 2 atom stereocenters. The van der Waals surface area contributed by atoms with Crippen LogP contribution >= 0.6 is 11.6 Å². The number of hydrogen-bond acceptors (Lipinski definition) is 3. The van der Waals surface area contributed by atoms with Crippen LogP contribution in [-0.2, 0) is 0 Å². The van der Waals surface area contributed by atoms with Gasteiger partial charge in [0.05, 0.1) is 6.04 Å². The third-order valence-electron chi connectivity index (χ3n) is 4.28. The van der Waals surface area contributed by atoms with Crippen molar-refractivity contribution in [2.45, 2.75) is 53.1 Å². The van der Waals surface area contributed by atoms with Crippen LogP contribution in [-0.4, -0.2) is 30.7 Å². The molecule has 0 spiro atoms. The van der Waals surface area contributed by atoms with Crippen molar-refractivity contribution in [3.8, 4) is 0 Å². The van der Waals surface area contributed by atoms with Crippen LogP contribution in [0.1, 0.15) is 41.0 Å². The second-order valence-electron chi connectivity index (χ2n) is 6.60. The molecule has 0 saturated heterocycles. The molecule has 1 aromatic carbocycles. The second-order valence-corrected chi connectivity index (χ2v) is 7.03. The summed E-state index contributed by atoms with van der Waals surface area (Å²) in [6.45, 7) is 11.5. The van der Waals surface area contributed by atoms with E-state index in [0.717, 1.165) is 23.7 Å². The summed E-state index contributed by atoms with van der Waals surface area (Å²) in [6, 6.07) is 8.32. The van der Waals surface area contributed by atoms with Gasteiger partial charge in [-0.2, -0.15) is 5.11 Å². The van der Waals surface area contributed by atoms with E-state index in [-0.39, 0.29) is 12.1 Å². The van der Waals surface area contributed by atoms with Crippen molar-refractivity contribution in [3.63, 3.8) is 0 Å². The number of hydrogen-bond donors (Lipinski definition) is 1. The summed E-state index contributed by atoms with van der Waals surface area (Å²) in [5.41, 5.74) is 2.38. The lowest BCUT2D eigenvalue weighted by Gasteiger charge is -2.23. The average Bonchev–Trinajstić information content (AvgIpc) is 2.57. The highest BCUT2D eigenvalue weighted by Crippen LogP contribution is 2.18. The first kappa shape index (κ1) is 20.5. The van der Waals surface area contributed by atoms with Crippen molar-refractivity contribution in [1.82, 2.24) is 5.01 Å². The van der Waals surface area contributed by atoms with Crippen molar-refractivity contribution in [2.24, 2.45) is 16.3 Å². The van der Waals surface area contributed by atoms with Gasteiger partial charge in [0.1, 0.15) is 0 Å². The molecular formula is C19H31ClN4. The van der Waals surface area contributed by atoms with Gasteiger partial charge >= 0.3 is 0 Å². The van der Waals surface area contributed by atoms with Gasteiger partial charge in [0.15, 0.2) is 0 Å². The summed E-state index contributed by atoms with van der Waals surface area (Å²) in [5.74, 6) is 0.506. The lowest BCUT2D eigenvalue weighted by molar-refractivity contribution is 0.304. The molecule has 0 heterocycles. The van der Waals surface area contributed by atoms with Crippen LogP contribution in [0.5, 0.6) is 0 Å². The fourth-order valence-corrected chi connectivity index (χ4v) is 2.15. The minimum absolute atomic E-state index is 0.243. The third kappa shape index (κ3) is 7.35. The monoisotopic (exact) mass is 350 g/mol. The minimum atomic E-state index is 0.243. The van der Waals surface area contributed by atoms with Crippen LogP contribution in [0.3, 0.4) is 0 Å². The Kier molecular flexibility index (Phi) is 8.83. The van der Waals surface area contributed by atoms with Gasteiger partial charge in [-0.15, -0.1) is 0 Å². The Morgan fingerprint density at radius 1 is 1.25 bits per heavy atom. The van der Waals surface area contributed by atoms with Crippen molar-refractivity contribution < 1.29 is 0 Å². The largest absolute Gasteiger partial charge is 0.379 e. The minimum Gasteiger partial charge on any atom is -0.379 e. The number of nitrogens with zero attached hydrogens (tertiary/aromatic N) is 3. The average molecular weight is 351 g/mol. The molecule has 1 rings (SSSR count). The summed E-state index contributed by atoms with van der Waals surface area (Å²) in [5, 5.41) is 14.9. The molecule has 1 aromatic rings. The Hall–Kier alpha value is -1.55. The summed E-state index contributed by atoms with van der Waals surface area (Å²) in [6.07, 6.45) is 3.10. The van der Waals surface area contributed by atoms with Crippen molar-refractivity contribution in [3.05, 3.63) is 40.9 Å². The lowest BCUT2D eigenvalue weighted by Crippen LogP contribution is -2.26. The van der Waals surface area contributed by atoms with Crippen LogP contribution in [0, 0.1) is 5.92 Å². The maximum absolute atomic E-state index is 5.95. The molecule has 0 aliphatic heterocycles. The van der Waals surface area contributed by atoms with Crippen molar-refractivity contribution in [2.75, 3.05) is 18.9 Å². The maximum Gasteiger partial charge on any atom is 0.0724 e. The quantitative estimate of drug-likeness (QED) is 0.346. The van der Waals surface area contributed by atoms with Gasteiger partial charge in [-0.25, -0.2) is 0 Å². The molecule has 134 valence electrons. The van der Waals surface area contributed by atoms with Gasteiger partial charge in [0, 0.05) is 30.3 Å². The first-order valence-corrected chi connectivity index (χ1v) is 8.98. The molecule has 2 unspecified atom stereocenters. The molecule has 4 nitrogen and oxygen atoms in total. The topological polar surface area (TPSA) is 40.0 Å². The van der Waals surface area contributed by atoms with Crippen LogP contribution in [0.4, 0.5) is 5.69 Å². The fourth-order valence-electron chi connectivity index (χ4n) is 2.03. The molecule has 0 saturated carbocycles. The highest BCUT2D eigenvalue weighted by atomic mass is 35.5. The number of rotatable bonds is 9. The fraction of sp³-hybridized carbons (Fsp3) is 0.579. The standard InChI is InChI=1S/C19H31ClN4/c1-7-15(4)19(21-18-10-8-17(20)9-11-18)12-13-24(6)23-22-16(5)14(2)3/h7-11,14,16,19,21H,12-13H2,1-6H3/b15-7+,23-22-. The predicted molar refractivity (Wildman–Crippen MR) is 105 cm³/mol. The van der Waals surface area contributed by atoms with E-state index in [4.69, 9.17) is 11.6 Å².